The van der Waals surface area contributed by atoms with E-state index >= 15 is 0 Å². The minimum atomic E-state index is -0.0689. The summed E-state index contributed by atoms with van der Waals surface area (Å²) in [6, 6.07) is 12.0. The zero-order valence-electron chi connectivity index (χ0n) is 13.1. The number of hydrogen-bond donors (Lipinski definition) is 0. The molecular formula is C19H21ClN2O. The molecular weight excluding hydrogens is 308 g/mol. The van der Waals surface area contributed by atoms with Crippen molar-refractivity contribution in [3.63, 3.8) is 0 Å². The Labute approximate surface area is 141 Å². The van der Waals surface area contributed by atoms with Crippen LogP contribution < -0.4 is 0 Å². The fourth-order valence-electron chi connectivity index (χ4n) is 4.05. The van der Waals surface area contributed by atoms with Crippen molar-refractivity contribution >= 4 is 17.5 Å². The first-order chi connectivity index (χ1) is 11.3. The maximum Gasteiger partial charge on any atom is 0.226 e. The number of amides is 1. The number of carbonyl (C=O) groups excluding carboxylic acids is 1. The van der Waals surface area contributed by atoms with Gasteiger partial charge in [0.25, 0.3) is 0 Å². The number of benzene rings is 1. The lowest BCUT2D eigenvalue weighted by molar-refractivity contribution is -0.138. The molecule has 0 bridgehead atoms. The lowest BCUT2D eigenvalue weighted by Gasteiger charge is -2.39. The minimum Gasteiger partial charge on any atom is -0.348 e. The van der Waals surface area contributed by atoms with Crippen molar-refractivity contribution < 1.29 is 4.79 Å². The second-order valence-corrected chi connectivity index (χ2v) is 6.97. The van der Waals surface area contributed by atoms with Gasteiger partial charge in [-0.3, -0.25) is 4.79 Å². The maximum absolute atomic E-state index is 13.1. The van der Waals surface area contributed by atoms with E-state index in [0.717, 1.165) is 42.2 Å². The molecule has 2 aromatic rings. The zero-order chi connectivity index (χ0) is 15.8. The molecule has 1 aliphatic heterocycles. The summed E-state index contributed by atoms with van der Waals surface area (Å²) in [7, 11) is 0. The van der Waals surface area contributed by atoms with E-state index in [9.17, 15) is 4.79 Å². The predicted octanol–water partition coefficient (Wildman–Crippen LogP) is 4.26. The Hall–Kier alpha value is -1.74. The third-order valence-corrected chi connectivity index (χ3v) is 5.57. The third-order valence-electron chi connectivity index (χ3n) is 5.23. The van der Waals surface area contributed by atoms with Gasteiger partial charge in [0.2, 0.25) is 5.91 Å². The van der Waals surface area contributed by atoms with Crippen LogP contribution >= 0.6 is 11.6 Å². The number of rotatable bonds is 2. The fraction of sp³-hybridized carbons (Fsp3) is 0.421. The van der Waals surface area contributed by atoms with Crippen LogP contribution in [0.3, 0.4) is 0 Å². The standard InChI is InChI=1S/C19H21ClN2O/c20-16-9-4-3-8-15(16)18-17-10-5-11-21(17)12-13-22(18)19(23)14-6-1-2-7-14/h3-5,8-11,14,18H,1-2,6-7,12-13H2. The van der Waals surface area contributed by atoms with Crippen LogP contribution in [0.4, 0.5) is 0 Å². The molecule has 3 nitrogen and oxygen atoms in total. The van der Waals surface area contributed by atoms with Gasteiger partial charge in [-0.1, -0.05) is 42.6 Å². The van der Waals surface area contributed by atoms with Gasteiger partial charge in [0.05, 0.1) is 6.04 Å². The summed E-state index contributed by atoms with van der Waals surface area (Å²) in [5.74, 6) is 0.501. The van der Waals surface area contributed by atoms with E-state index in [1.165, 1.54) is 12.8 Å². The summed E-state index contributed by atoms with van der Waals surface area (Å²) in [6.07, 6.45) is 6.52. The molecule has 1 amide bonds. The number of nitrogens with zero attached hydrogens (tertiary/aromatic N) is 2. The van der Waals surface area contributed by atoms with Crippen LogP contribution in [0.15, 0.2) is 42.6 Å². The van der Waals surface area contributed by atoms with Gasteiger partial charge in [0, 0.05) is 35.9 Å². The van der Waals surface area contributed by atoms with Crippen molar-refractivity contribution in [2.75, 3.05) is 6.54 Å². The third kappa shape index (κ3) is 2.57. The molecule has 1 fully saturated rings. The Morgan fingerprint density at radius 2 is 1.83 bits per heavy atom. The average molecular weight is 329 g/mol. The van der Waals surface area contributed by atoms with Gasteiger partial charge >= 0.3 is 0 Å². The largest absolute Gasteiger partial charge is 0.348 e. The molecule has 2 aliphatic rings. The van der Waals surface area contributed by atoms with Crippen LogP contribution in [0.1, 0.15) is 43.0 Å². The summed E-state index contributed by atoms with van der Waals surface area (Å²) in [5, 5.41) is 0.733. The summed E-state index contributed by atoms with van der Waals surface area (Å²) in [6.45, 7) is 1.62. The number of aromatic nitrogens is 1. The molecule has 0 spiro atoms. The molecule has 2 heterocycles. The predicted molar refractivity (Wildman–Crippen MR) is 91.4 cm³/mol. The Bertz CT molecular complexity index is 718. The van der Waals surface area contributed by atoms with Gasteiger partial charge in [-0.05, 0) is 36.6 Å². The molecule has 1 aromatic carbocycles. The van der Waals surface area contributed by atoms with Crippen molar-refractivity contribution in [2.24, 2.45) is 5.92 Å². The number of fused-ring (bicyclic) bond motifs is 1. The summed E-state index contributed by atoms with van der Waals surface area (Å²) in [5.41, 5.74) is 2.19. The highest BCUT2D eigenvalue weighted by atomic mass is 35.5. The number of halogens is 1. The van der Waals surface area contributed by atoms with Crippen LogP contribution in [-0.2, 0) is 11.3 Å². The zero-order valence-corrected chi connectivity index (χ0v) is 13.9. The Balaban J connectivity index is 1.76. The molecule has 1 atom stereocenters. The molecule has 1 aromatic heterocycles. The minimum absolute atomic E-state index is 0.0689. The van der Waals surface area contributed by atoms with E-state index in [2.05, 4.69) is 27.8 Å². The van der Waals surface area contributed by atoms with Crippen LogP contribution in [0, 0.1) is 5.92 Å². The summed E-state index contributed by atoms with van der Waals surface area (Å²) >= 11 is 6.47. The fourth-order valence-corrected chi connectivity index (χ4v) is 4.29. The number of carbonyl (C=O) groups is 1. The van der Waals surface area contributed by atoms with E-state index in [0.29, 0.717) is 5.91 Å². The first kappa shape index (κ1) is 14.8. The van der Waals surface area contributed by atoms with Crippen molar-refractivity contribution in [3.05, 3.63) is 58.9 Å². The van der Waals surface area contributed by atoms with Crippen molar-refractivity contribution in [2.45, 2.75) is 38.3 Å². The summed E-state index contributed by atoms with van der Waals surface area (Å²) < 4.78 is 2.24. The molecule has 120 valence electrons. The molecule has 1 aliphatic carbocycles. The van der Waals surface area contributed by atoms with Gasteiger partial charge in [0.1, 0.15) is 0 Å². The van der Waals surface area contributed by atoms with Crippen LogP contribution in [0.25, 0.3) is 0 Å². The van der Waals surface area contributed by atoms with Gasteiger partial charge < -0.3 is 9.47 Å². The van der Waals surface area contributed by atoms with Crippen molar-refractivity contribution in [3.8, 4) is 0 Å². The topological polar surface area (TPSA) is 25.2 Å². The normalized spacial score (nSPS) is 21.4. The summed E-state index contributed by atoms with van der Waals surface area (Å²) in [4.78, 5) is 15.2. The monoisotopic (exact) mass is 328 g/mol. The number of hydrogen-bond acceptors (Lipinski definition) is 1. The first-order valence-electron chi connectivity index (χ1n) is 8.45. The van der Waals surface area contributed by atoms with Crippen molar-refractivity contribution in [1.82, 2.24) is 9.47 Å². The van der Waals surface area contributed by atoms with Crippen LogP contribution in [-0.4, -0.2) is 21.9 Å². The molecule has 0 radical (unpaired) electrons. The van der Waals surface area contributed by atoms with Gasteiger partial charge in [0.15, 0.2) is 0 Å². The molecule has 23 heavy (non-hydrogen) atoms. The lowest BCUT2D eigenvalue weighted by atomic mass is 9.97. The highest BCUT2D eigenvalue weighted by molar-refractivity contribution is 6.31. The van der Waals surface area contributed by atoms with E-state index in [-0.39, 0.29) is 12.0 Å². The SMILES string of the molecule is O=C(C1CCCC1)N1CCn2cccc2C1c1ccccc1Cl. The molecule has 1 saturated carbocycles. The van der Waals surface area contributed by atoms with Crippen LogP contribution in [0.2, 0.25) is 5.02 Å². The van der Waals surface area contributed by atoms with E-state index in [4.69, 9.17) is 11.6 Å². The molecule has 1 unspecified atom stereocenters. The van der Waals surface area contributed by atoms with E-state index in [1.54, 1.807) is 0 Å². The molecule has 4 heteroatoms. The smallest absolute Gasteiger partial charge is 0.226 e. The van der Waals surface area contributed by atoms with Gasteiger partial charge in [-0.25, -0.2) is 0 Å². The maximum atomic E-state index is 13.1. The highest BCUT2D eigenvalue weighted by Gasteiger charge is 2.36. The van der Waals surface area contributed by atoms with E-state index < -0.39 is 0 Å². The second kappa shape index (κ2) is 6.04. The second-order valence-electron chi connectivity index (χ2n) is 6.56. The van der Waals surface area contributed by atoms with Crippen molar-refractivity contribution in [1.29, 1.82) is 0 Å². The molecule has 4 rings (SSSR count). The van der Waals surface area contributed by atoms with Gasteiger partial charge in [-0.2, -0.15) is 0 Å². The van der Waals surface area contributed by atoms with E-state index in [1.807, 2.05) is 24.3 Å². The highest BCUT2D eigenvalue weighted by Crippen LogP contribution is 2.38. The average Bonchev–Trinajstić information content (AvgIpc) is 3.25. The Kier molecular flexibility index (Phi) is 3.90. The molecule has 0 saturated heterocycles. The van der Waals surface area contributed by atoms with Gasteiger partial charge in [-0.15, -0.1) is 0 Å². The first-order valence-corrected chi connectivity index (χ1v) is 8.83. The van der Waals surface area contributed by atoms with Crippen LogP contribution in [0.5, 0.6) is 0 Å². The Morgan fingerprint density at radius 1 is 1.04 bits per heavy atom. The Morgan fingerprint density at radius 3 is 2.61 bits per heavy atom. The molecule has 0 N–H and O–H groups in total. The lowest BCUT2D eigenvalue weighted by Crippen LogP contribution is -2.44. The quantitative estimate of drug-likeness (QED) is 0.808.